The number of hydrogen-bond donors (Lipinski definition) is 2. The lowest BCUT2D eigenvalue weighted by Crippen LogP contribution is -2.26. The second-order valence-electron chi connectivity index (χ2n) is 7.72. The van der Waals surface area contributed by atoms with Crippen molar-refractivity contribution >= 4 is 63.2 Å². The van der Waals surface area contributed by atoms with E-state index in [2.05, 4.69) is 25.8 Å². The van der Waals surface area contributed by atoms with Crippen LogP contribution in [0, 0.1) is 6.92 Å². The molecule has 4 aromatic rings. The number of amides is 2. The number of benzene rings is 2. The highest BCUT2D eigenvalue weighted by atomic mass is 35.5. The number of thioether (sulfide) groups is 1. The average Bonchev–Trinajstić information content (AvgIpc) is 3.41. The Morgan fingerprint density at radius 3 is 2.61 bits per heavy atom. The quantitative estimate of drug-likeness (QED) is 0.271. The molecule has 0 saturated heterocycles. The van der Waals surface area contributed by atoms with Crippen molar-refractivity contribution in [2.45, 2.75) is 18.5 Å². The van der Waals surface area contributed by atoms with E-state index in [0.717, 1.165) is 16.1 Å². The van der Waals surface area contributed by atoms with Crippen LogP contribution in [0.25, 0.3) is 11.3 Å². The van der Waals surface area contributed by atoms with E-state index < -0.39 is 0 Å². The third-order valence-corrected chi connectivity index (χ3v) is 7.81. The highest BCUT2D eigenvalue weighted by Gasteiger charge is 2.15. The Labute approximate surface area is 226 Å². The largest absolute Gasteiger partial charge is 0.352 e. The van der Waals surface area contributed by atoms with Crippen LogP contribution in [-0.2, 0) is 18.3 Å². The molecule has 12 heteroatoms. The van der Waals surface area contributed by atoms with E-state index in [1.165, 1.54) is 29.2 Å². The molecule has 4 rings (SSSR count). The summed E-state index contributed by atoms with van der Waals surface area (Å²) in [7, 11) is 1.83. The maximum absolute atomic E-state index is 12.5. The first kappa shape index (κ1) is 26.2. The number of halogens is 2. The number of hydrogen-bond acceptors (Lipinski definition) is 7. The molecule has 0 atom stereocenters. The van der Waals surface area contributed by atoms with Crippen molar-refractivity contribution in [1.29, 1.82) is 0 Å². The van der Waals surface area contributed by atoms with Crippen LogP contribution < -0.4 is 10.6 Å². The lowest BCUT2D eigenvalue weighted by molar-refractivity contribution is -0.113. The summed E-state index contributed by atoms with van der Waals surface area (Å²) in [5.41, 5.74) is 2.31. The molecule has 0 aliphatic heterocycles. The Kier molecular flexibility index (Phi) is 8.63. The number of carbonyl (C=O) groups is 2. The van der Waals surface area contributed by atoms with Crippen molar-refractivity contribution in [1.82, 2.24) is 25.1 Å². The number of aryl methyl sites for hydroxylation is 1. The van der Waals surface area contributed by atoms with Gasteiger partial charge in [-0.2, -0.15) is 0 Å². The SMILES string of the molecule is Cc1sc(NC(=O)CSc2nnc(CCNC(=O)c3ccc(Cl)c(Cl)c3)n2C)nc1-c1ccccc1. The molecule has 2 aromatic heterocycles. The van der Waals surface area contributed by atoms with Crippen molar-refractivity contribution < 1.29 is 9.59 Å². The van der Waals surface area contributed by atoms with E-state index in [0.29, 0.717) is 44.7 Å². The summed E-state index contributed by atoms with van der Waals surface area (Å²) in [4.78, 5) is 30.4. The van der Waals surface area contributed by atoms with E-state index in [9.17, 15) is 9.59 Å². The topological polar surface area (TPSA) is 102 Å². The number of aromatic nitrogens is 4. The molecule has 0 radical (unpaired) electrons. The molecule has 186 valence electrons. The molecule has 8 nitrogen and oxygen atoms in total. The molecule has 0 aliphatic carbocycles. The summed E-state index contributed by atoms with van der Waals surface area (Å²) >= 11 is 14.6. The maximum Gasteiger partial charge on any atom is 0.251 e. The number of anilines is 1. The van der Waals surface area contributed by atoms with Gasteiger partial charge in [-0.1, -0.05) is 65.3 Å². The summed E-state index contributed by atoms with van der Waals surface area (Å²) in [5.74, 6) is 0.427. The van der Waals surface area contributed by atoms with E-state index in [-0.39, 0.29) is 17.6 Å². The molecule has 2 heterocycles. The van der Waals surface area contributed by atoms with Gasteiger partial charge in [-0.25, -0.2) is 4.98 Å². The fraction of sp³-hybridized carbons (Fsp3) is 0.208. The molecule has 0 bridgehead atoms. The highest BCUT2D eigenvalue weighted by molar-refractivity contribution is 7.99. The molecule has 0 unspecified atom stereocenters. The summed E-state index contributed by atoms with van der Waals surface area (Å²) in [6.07, 6.45) is 0.476. The Bertz CT molecular complexity index is 1390. The van der Waals surface area contributed by atoms with Gasteiger partial charge in [0.15, 0.2) is 10.3 Å². The normalized spacial score (nSPS) is 10.9. The standard InChI is InChI=1S/C24H22Cl2N6O2S2/c1-14-21(15-6-4-3-5-7-15)29-23(36-14)28-20(33)13-35-24-31-30-19(32(24)2)10-11-27-22(34)16-8-9-17(25)18(26)12-16/h3-9,12H,10-11,13H2,1-2H3,(H,27,34)(H,28,29,33). The predicted octanol–water partition coefficient (Wildman–Crippen LogP) is 5.26. The molecule has 0 aliphatic rings. The zero-order valence-corrected chi connectivity index (χ0v) is 22.6. The van der Waals surface area contributed by atoms with Crippen LogP contribution in [0.3, 0.4) is 0 Å². The number of nitrogens with one attached hydrogen (secondary N) is 2. The fourth-order valence-corrected chi connectivity index (χ4v) is 5.19. The number of rotatable bonds is 9. The van der Waals surface area contributed by atoms with Gasteiger partial charge in [-0.3, -0.25) is 9.59 Å². The van der Waals surface area contributed by atoms with Gasteiger partial charge in [-0.05, 0) is 25.1 Å². The molecule has 2 amide bonds. The smallest absolute Gasteiger partial charge is 0.251 e. The molecule has 0 fully saturated rings. The maximum atomic E-state index is 12.5. The monoisotopic (exact) mass is 560 g/mol. The summed E-state index contributed by atoms with van der Waals surface area (Å²) in [5, 5.41) is 15.9. The summed E-state index contributed by atoms with van der Waals surface area (Å²) in [6, 6.07) is 14.6. The molecule has 2 aromatic carbocycles. The van der Waals surface area contributed by atoms with Gasteiger partial charge in [0.25, 0.3) is 5.91 Å². The van der Waals surface area contributed by atoms with Gasteiger partial charge >= 0.3 is 0 Å². The minimum Gasteiger partial charge on any atom is -0.352 e. The lowest BCUT2D eigenvalue weighted by Gasteiger charge is -2.07. The minimum absolute atomic E-state index is 0.166. The zero-order valence-electron chi connectivity index (χ0n) is 19.4. The van der Waals surface area contributed by atoms with Crippen LogP contribution in [-0.4, -0.2) is 43.9 Å². The van der Waals surface area contributed by atoms with Crippen molar-refractivity contribution in [2.24, 2.45) is 7.05 Å². The molecule has 0 saturated carbocycles. The van der Waals surface area contributed by atoms with Crippen molar-refractivity contribution in [3.63, 3.8) is 0 Å². The Balaban J connectivity index is 1.26. The van der Waals surface area contributed by atoms with Crippen LogP contribution >= 0.6 is 46.3 Å². The molecule has 0 spiro atoms. The van der Waals surface area contributed by atoms with Gasteiger partial charge in [0.05, 0.1) is 21.5 Å². The first-order chi connectivity index (χ1) is 17.3. The van der Waals surface area contributed by atoms with Crippen LogP contribution in [0.1, 0.15) is 21.1 Å². The van der Waals surface area contributed by atoms with Crippen LogP contribution in [0.2, 0.25) is 10.0 Å². The lowest BCUT2D eigenvalue weighted by atomic mass is 10.1. The van der Waals surface area contributed by atoms with E-state index in [1.54, 1.807) is 12.1 Å². The Hall–Kier alpha value is -2.92. The molecule has 2 N–H and O–H groups in total. The Morgan fingerprint density at radius 1 is 1.08 bits per heavy atom. The third kappa shape index (κ3) is 6.44. The molecule has 36 heavy (non-hydrogen) atoms. The summed E-state index contributed by atoms with van der Waals surface area (Å²) < 4.78 is 1.81. The van der Waals surface area contributed by atoms with Gasteiger partial charge in [0, 0.05) is 36.0 Å². The van der Waals surface area contributed by atoms with Crippen molar-refractivity contribution in [3.05, 3.63) is 74.8 Å². The van der Waals surface area contributed by atoms with E-state index >= 15 is 0 Å². The minimum atomic E-state index is -0.255. The second kappa shape index (κ2) is 11.9. The van der Waals surface area contributed by atoms with Gasteiger partial charge in [0.1, 0.15) is 5.82 Å². The number of nitrogens with zero attached hydrogens (tertiary/aromatic N) is 4. The fourth-order valence-electron chi connectivity index (χ4n) is 3.31. The van der Waals surface area contributed by atoms with Crippen molar-refractivity contribution in [3.8, 4) is 11.3 Å². The first-order valence-electron chi connectivity index (χ1n) is 10.9. The molecular formula is C24H22Cl2N6O2S2. The Morgan fingerprint density at radius 2 is 1.86 bits per heavy atom. The average molecular weight is 562 g/mol. The van der Waals surface area contributed by atoms with Gasteiger partial charge in [-0.15, -0.1) is 21.5 Å². The van der Waals surface area contributed by atoms with Crippen LogP contribution in [0.15, 0.2) is 53.7 Å². The summed E-state index contributed by atoms with van der Waals surface area (Å²) in [6.45, 7) is 2.35. The predicted molar refractivity (Wildman–Crippen MR) is 145 cm³/mol. The van der Waals surface area contributed by atoms with Crippen molar-refractivity contribution in [2.75, 3.05) is 17.6 Å². The van der Waals surface area contributed by atoms with Crippen LogP contribution in [0.4, 0.5) is 5.13 Å². The highest BCUT2D eigenvalue weighted by Crippen LogP contribution is 2.30. The number of carbonyl (C=O) groups excluding carboxylic acids is 2. The van der Waals surface area contributed by atoms with Gasteiger partial charge < -0.3 is 15.2 Å². The third-order valence-electron chi connectivity index (χ3n) is 5.16. The second-order valence-corrected chi connectivity index (χ2v) is 10.7. The zero-order chi connectivity index (χ0) is 25.7. The van der Waals surface area contributed by atoms with Gasteiger partial charge in [0.2, 0.25) is 5.91 Å². The first-order valence-corrected chi connectivity index (χ1v) is 13.4. The van der Waals surface area contributed by atoms with E-state index in [1.807, 2.05) is 48.9 Å². The molecular weight excluding hydrogens is 539 g/mol. The van der Waals surface area contributed by atoms with E-state index in [4.69, 9.17) is 23.2 Å². The number of thiazole rings is 1. The van der Waals surface area contributed by atoms with Crippen LogP contribution in [0.5, 0.6) is 0 Å².